The molecular weight excluding hydrogens is 210 g/mol. The molecule has 0 amide bonds. The normalized spacial score (nSPS) is 14.2. The molecule has 0 aliphatic heterocycles. The summed E-state index contributed by atoms with van der Waals surface area (Å²) in [5, 5.41) is 9.12. The van der Waals surface area contributed by atoms with Crippen LogP contribution in [0.25, 0.3) is 0 Å². The molecule has 0 rings (SSSR count). The maximum atomic E-state index is 11.7. The lowest BCUT2D eigenvalue weighted by Gasteiger charge is -2.13. The third-order valence-electron chi connectivity index (χ3n) is 2.44. The fraction of sp³-hybridized carbons (Fsp3) is 0.818. The minimum Gasteiger partial charge on any atom is -0.393 e. The van der Waals surface area contributed by atoms with Crippen molar-refractivity contribution in [3.05, 3.63) is 0 Å². The maximum absolute atomic E-state index is 11.7. The molecule has 2 atom stereocenters. The number of nitrogens with two attached hydrogens (primary N) is 1. The van der Waals surface area contributed by atoms with Gasteiger partial charge in [0.1, 0.15) is 11.7 Å². The standard InChI is InChI=1S/C11H21NO4/c1-3-4-5-10(14)9(11(15)16-12)7-6-8(2)13/h8-9,13H,3-7,12H2,1-2H3. The van der Waals surface area contributed by atoms with Crippen LogP contribution in [-0.2, 0) is 14.4 Å². The average molecular weight is 231 g/mol. The van der Waals surface area contributed by atoms with E-state index in [1.165, 1.54) is 0 Å². The summed E-state index contributed by atoms with van der Waals surface area (Å²) in [6.45, 7) is 3.58. The van der Waals surface area contributed by atoms with Crippen molar-refractivity contribution in [1.29, 1.82) is 0 Å². The molecule has 0 radical (unpaired) electrons. The van der Waals surface area contributed by atoms with Crippen LogP contribution in [0.2, 0.25) is 0 Å². The van der Waals surface area contributed by atoms with Crippen LogP contribution >= 0.6 is 0 Å². The second-order valence-corrected chi connectivity index (χ2v) is 3.99. The minimum atomic E-state index is -0.828. The van der Waals surface area contributed by atoms with E-state index in [1.807, 2.05) is 6.92 Å². The first-order valence-electron chi connectivity index (χ1n) is 5.64. The molecule has 16 heavy (non-hydrogen) atoms. The van der Waals surface area contributed by atoms with E-state index in [4.69, 9.17) is 11.0 Å². The third kappa shape index (κ3) is 5.82. The number of aliphatic hydroxyl groups is 1. The van der Waals surface area contributed by atoms with Crippen LogP contribution < -0.4 is 5.90 Å². The molecule has 0 saturated carbocycles. The molecule has 5 heteroatoms. The highest BCUT2D eigenvalue weighted by atomic mass is 16.7. The molecule has 0 bridgehead atoms. The number of carbonyl (C=O) groups excluding carboxylic acids is 2. The molecule has 2 unspecified atom stereocenters. The van der Waals surface area contributed by atoms with E-state index < -0.39 is 18.0 Å². The van der Waals surface area contributed by atoms with Crippen molar-refractivity contribution >= 4 is 11.8 Å². The zero-order valence-corrected chi connectivity index (χ0v) is 9.94. The number of hydrogen-bond donors (Lipinski definition) is 2. The fourth-order valence-corrected chi connectivity index (χ4v) is 1.43. The van der Waals surface area contributed by atoms with Crippen LogP contribution in [0.15, 0.2) is 0 Å². The minimum absolute atomic E-state index is 0.155. The van der Waals surface area contributed by atoms with Crippen molar-refractivity contribution in [2.75, 3.05) is 0 Å². The van der Waals surface area contributed by atoms with Crippen LogP contribution in [0.1, 0.15) is 46.0 Å². The number of ketones is 1. The first-order valence-corrected chi connectivity index (χ1v) is 5.64. The van der Waals surface area contributed by atoms with Crippen LogP contribution in [0, 0.1) is 5.92 Å². The van der Waals surface area contributed by atoms with Crippen molar-refractivity contribution in [3.8, 4) is 0 Å². The predicted octanol–water partition coefficient (Wildman–Crippen LogP) is 0.940. The van der Waals surface area contributed by atoms with E-state index in [2.05, 4.69) is 4.84 Å². The van der Waals surface area contributed by atoms with Crippen molar-refractivity contribution in [1.82, 2.24) is 0 Å². The monoisotopic (exact) mass is 231 g/mol. The number of rotatable bonds is 8. The van der Waals surface area contributed by atoms with Gasteiger partial charge in [-0.1, -0.05) is 13.3 Å². The van der Waals surface area contributed by atoms with Gasteiger partial charge in [0, 0.05) is 6.42 Å². The van der Waals surface area contributed by atoms with E-state index in [1.54, 1.807) is 6.92 Å². The van der Waals surface area contributed by atoms with E-state index in [-0.39, 0.29) is 12.2 Å². The molecule has 94 valence electrons. The lowest BCUT2D eigenvalue weighted by molar-refractivity contribution is -0.153. The number of carbonyl (C=O) groups is 2. The van der Waals surface area contributed by atoms with Gasteiger partial charge in [-0.3, -0.25) is 4.79 Å². The smallest absolute Gasteiger partial charge is 0.334 e. The molecule has 0 fully saturated rings. The lowest BCUT2D eigenvalue weighted by atomic mass is 9.94. The first kappa shape index (κ1) is 15.1. The molecule has 0 heterocycles. The highest BCUT2D eigenvalue weighted by Crippen LogP contribution is 2.15. The van der Waals surface area contributed by atoms with E-state index in [0.29, 0.717) is 12.8 Å². The molecule has 0 aliphatic rings. The summed E-state index contributed by atoms with van der Waals surface area (Å²) in [6, 6.07) is 0. The molecule has 5 nitrogen and oxygen atoms in total. The summed E-state index contributed by atoms with van der Waals surface area (Å²) in [4.78, 5) is 27.1. The highest BCUT2D eigenvalue weighted by molar-refractivity contribution is 5.98. The fourth-order valence-electron chi connectivity index (χ4n) is 1.43. The predicted molar refractivity (Wildman–Crippen MR) is 59.2 cm³/mol. The summed E-state index contributed by atoms with van der Waals surface area (Å²) in [6.07, 6.45) is 2.14. The van der Waals surface area contributed by atoms with Gasteiger partial charge in [0.25, 0.3) is 0 Å². The molecule has 0 aliphatic carbocycles. The summed E-state index contributed by atoms with van der Waals surface area (Å²) in [7, 11) is 0. The Morgan fingerprint density at radius 1 is 1.38 bits per heavy atom. The first-order chi connectivity index (χ1) is 7.52. The number of unbranched alkanes of at least 4 members (excludes halogenated alkanes) is 1. The Balaban J connectivity index is 4.29. The second kappa shape index (κ2) is 8.24. The van der Waals surface area contributed by atoms with Crippen molar-refractivity contribution in [2.24, 2.45) is 11.8 Å². The number of Topliss-reactive ketones (excluding diaryl/α,β-unsaturated/α-hetero) is 1. The Morgan fingerprint density at radius 3 is 2.44 bits per heavy atom. The topological polar surface area (TPSA) is 89.6 Å². The second-order valence-electron chi connectivity index (χ2n) is 3.99. The zero-order chi connectivity index (χ0) is 12.6. The van der Waals surface area contributed by atoms with E-state index >= 15 is 0 Å². The Morgan fingerprint density at radius 2 is 2.00 bits per heavy atom. The van der Waals surface area contributed by atoms with Gasteiger partial charge in [0.05, 0.1) is 6.10 Å². The van der Waals surface area contributed by atoms with Gasteiger partial charge in [-0.2, -0.15) is 5.90 Å². The Kier molecular flexibility index (Phi) is 7.76. The van der Waals surface area contributed by atoms with Crippen LogP contribution in [0.5, 0.6) is 0 Å². The van der Waals surface area contributed by atoms with Crippen molar-refractivity contribution in [3.63, 3.8) is 0 Å². The van der Waals surface area contributed by atoms with Crippen molar-refractivity contribution < 1.29 is 19.5 Å². The van der Waals surface area contributed by atoms with Crippen LogP contribution in [0.4, 0.5) is 0 Å². The third-order valence-corrected chi connectivity index (χ3v) is 2.44. The van der Waals surface area contributed by atoms with Gasteiger partial charge in [-0.25, -0.2) is 4.79 Å². The molecule has 0 saturated heterocycles. The summed E-state index contributed by atoms with van der Waals surface area (Å²) >= 11 is 0. The number of aliphatic hydroxyl groups excluding tert-OH is 1. The summed E-state index contributed by atoms with van der Waals surface area (Å²) in [5.41, 5.74) is 0. The Bertz CT molecular complexity index is 228. The Hall–Kier alpha value is -0.940. The van der Waals surface area contributed by atoms with Crippen LogP contribution in [0.3, 0.4) is 0 Å². The largest absolute Gasteiger partial charge is 0.393 e. The highest BCUT2D eigenvalue weighted by Gasteiger charge is 2.27. The maximum Gasteiger partial charge on any atom is 0.334 e. The SMILES string of the molecule is CCCCC(=O)C(CCC(C)O)C(=O)ON. The van der Waals surface area contributed by atoms with Gasteiger partial charge >= 0.3 is 5.97 Å². The zero-order valence-electron chi connectivity index (χ0n) is 9.94. The van der Waals surface area contributed by atoms with E-state index in [9.17, 15) is 9.59 Å². The lowest BCUT2D eigenvalue weighted by Crippen LogP contribution is -2.29. The molecule has 3 N–H and O–H groups in total. The van der Waals surface area contributed by atoms with Crippen LogP contribution in [-0.4, -0.2) is 23.0 Å². The molecule has 0 aromatic rings. The van der Waals surface area contributed by atoms with Gasteiger partial charge < -0.3 is 9.94 Å². The van der Waals surface area contributed by atoms with Gasteiger partial charge in [-0.05, 0) is 26.2 Å². The Labute approximate surface area is 95.9 Å². The molecular formula is C11H21NO4. The number of hydrogen-bond acceptors (Lipinski definition) is 5. The van der Waals surface area contributed by atoms with Gasteiger partial charge in [0.15, 0.2) is 0 Å². The van der Waals surface area contributed by atoms with Gasteiger partial charge in [0.2, 0.25) is 0 Å². The van der Waals surface area contributed by atoms with Crippen molar-refractivity contribution in [2.45, 2.75) is 52.1 Å². The quantitative estimate of drug-likeness (QED) is 0.479. The average Bonchev–Trinajstić information content (AvgIpc) is 2.25. The summed E-state index contributed by atoms with van der Waals surface area (Å²) < 4.78 is 0. The molecule has 0 spiro atoms. The summed E-state index contributed by atoms with van der Waals surface area (Å²) in [5.74, 6) is 3.09. The molecule has 0 aromatic carbocycles. The van der Waals surface area contributed by atoms with Gasteiger partial charge in [-0.15, -0.1) is 0 Å². The molecule has 0 aromatic heterocycles. The van der Waals surface area contributed by atoms with E-state index in [0.717, 1.165) is 12.8 Å².